The quantitative estimate of drug-likeness (QED) is 0.907. The molecule has 18 heavy (non-hydrogen) atoms. The van der Waals surface area contributed by atoms with E-state index in [2.05, 4.69) is 4.98 Å². The molecule has 2 rings (SSSR count). The highest BCUT2D eigenvalue weighted by Crippen LogP contribution is 2.25. The summed E-state index contributed by atoms with van der Waals surface area (Å²) in [4.78, 5) is 15.1. The molecule has 1 aromatic heterocycles. The van der Waals surface area contributed by atoms with Crippen LogP contribution in [0.5, 0.6) is 0 Å². The third-order valence-electron chi connectivity index (χ3n) is 2.77. The molecule has 0 saturated carbocycles. The van der Waals surface area contributed by atoms with Gasteiger partial charge in [-0.05, 0) is 24.6 Å². The second kappa shape index (κ2) is 4.60. The molecule has 0 unspecified atom stereocenters. The second-order valence-corrected chi connectivity index (χ2v) is 4.04. The summed E-state index contributed by atoms with van der Waals surface area (Å²) in [5.74, 6) is -1.70. The summed E-state index contributed by atoms with van der Waals surface area (Å²) in [6.07, 6.45) is 2.34. The van der Waals surface area contributed by atoms with Gasteiger partial charge in [-0.1, -0.05) is 6.92 Å². The molecule has 0 fully saturated rings. The van der Waals surface area contributed by atoms with Gasteiger partial charge in [-0.3, -0.25) is 0 Å². The van der Waals surface area contributed by atoms with E-state index >= 15 is 0 Å². The van der Waals surface area contributed by atoms with Gasteiger partial charge in [0.15, 0.2) is 0 Å². The van der Waals surface area contributed by atoms with E-state index in [1.807, 2.05) is 6.92 Å². The van der Waals surface area contributed by atoms with Gasteiger partial charge in [-0.2, -0.15) is 0 Å². The molecule has 4 nitrogen and oxygen atoms in total. The summed E-state index contributed by atoms with van der Waals surface area (Å²) < 4.78 is 15.2. The first-order valence-corrected chi connectivity index (χ1v) is 5.57. The van der Waals surface area contributed by atoms with Crippen LogP contribution in [0.3, 0.4) is 0 Å². The number of imidazole rings is 1. The zero-order chi connectivity index (χ0) is 13.3. The van der Waals surface area contributed by atoms with Crippen molar-refractivity contribution in [1.82, 2.24) is 9.55 Å². The van der Waals surface area contributed by atoms with Crippen molar-refractivity contribution in [3.63, 3.8) is 0 Å². The maximum absolute atomic E-state index is 13.5. The van der Waals surface area contributed by atoms with Crippen LogP contribution in [0, 0.1) is 5.82 Å². The van der Waals surface area contributed by atoms with Gasteiger partial charge < -0.3 is 9.67 Å². The minimum Gasteiger partial charge on any atom is -0.478 e. The Kier molecular flexibility index (Phi) is 3.14. The molecule has 1 N–H and O–H groups in total. The van der Waals surface area contributed by atoms with E-state index in [4.69, 9.17) is 5.11 Å². The molecule has 0 radical (unpaired) electrons. The maximum atomic E-state index is 13.5. The van der Waals surface area contributed by atoms with E-state index in [0.717, 1.165) is 17.5 Å². The lowest BCUT2D eigenvalue weighted by atomic mass is 10.1. The molecule has 0 atom stereocenters. The predicted molar refractivity (Wildman–Crippen MR) is 64.9 cm³/mol. The predicted octanol–water partition coefficient (Wildman–Crippen LogP) is 2.49. The number of carboxylic acids is 1. The van der Waals surface area contributed by atoms with Gasteiger partial charge >= 0.3 is 5.97 Å². The minimum absolute atomic E-state index is 0.0618. The molecule has 0 bridgehead atoms. The van der Waals surface area contributed by atoms with Crippen molar-refractivity contribution in [2.75, 3.05) is 0 Å². The van der Waals surface area contributed by atoms with Gasteiger partial charge in [0, 0.05) is 12.6 Å². The van der Waals surface area contributed by atoms with Crippen LogP contribution < -0.4 is 0 Å². The van der Waals surface area contributed by atoms with Gasteiger partial charge in [0.1, 0.15) is 5.82 Å². The minimum atomic E-state index is -1.14. The van der Waals surface area contributed by atoms with Crippen LogP contribution >= 0.6 is 0 Å². The number of nitrogens with zero attached hydrogens (tertiary/aromatic N) is 2. The topological polar surface area (TPSA) is 55.1 Å². The number of carboxylic acid groups (broad SMARTS) is 1. The molecule has 0 saturated heterocycles. The number of hydrogen-bond acceptors (Lipinski definition) is 2. The molecule has 2 aromatic rings. The molecular weight excluding hydrogens is 235 g/mol. The maximum Gasteiger partial charge on any atom is 0.335 e. The van der Waals surface area contributed by atoms with Crippen molar-refractivity contribution in [2.45, 2.75) is 13.3 Å². The van der Waals surface area contributed by atoms with Crippen LogP contribution in [0.25, 0.3) is 11.3 Å². The van der Waals surface area contributed by atoms with Crippen molar-refractivity contribution in [1.29, 1.82) is 0 Å². The number of carbonyl (C=O) groups is 1. The molecule has 1 heterocycles. The lowest BCUT2D eigenvalue weighted by molar-refractivity contribution is 0.0696. The van der Waals surface area contributed by atoms with Crippen molar-refractivity contribution in [3.8, 4) is 11.3 Å². The SMILES string of the molecule is CCc1ncn(C)c1-c1cc(F)cc(C(=O)O)c1. The third kappa shape index (κ3) is 2.11. The van der Waals surface area contributed by atoms with Crippen molar-refractivity contribution in [2.24, 2.45) is 7.05 Å². The average Bonchev–Trinajstić information content (AvgIpc) is 2.69. The van der Waals surface area contributed by atoms with E-state index in [1.54, 1.807) is 17.9 Å². The zero-order valence-corrected chi connectivity index (χ0v) is 10.1. The molecule has 0 aliphatic heterocycles. The number of halogens is 1. The number of aryl methyl sites for hydroxylation is 2. The fraction of sp³-hybridized carbons (Fsp3) is 0.231. The summed E-state index contributed by atoms with van der Waals surface area (Å²) in [7, 11) is 1.80. The molecule has 0 aliphatic carbocycles. The van der Waals surface area contributed by atoms with Crippen LogP contribution in [0.15, 0.2) is 24.5 Å². The fourth-order valence-electron chi connectivity index (χ4n) is 1.96. The van der Waals surface area contributed by atoms with Gasteiger partial charge in [0.2, 0.25) is 0 Å². The summed E-state index contributed by atoms with van der Waals surface area (Å²) in [5, 5.41) is 8.94. The van der Waals surface area contributed by atoms with Crippen LogP contribution in [0.4, 0.5) is 4.39 Å². The highest BCUT2D eigenvalue weighted by Gasteiger charge is 2.14. The average molecular weight is 248 g/mol. The standard InChI is InChI=1S/C13H13FN2O2/c1-3-11-12(16(2)7-15-11)8-4-9(13(17)18)6-10(14)5-8/h4-7H,3H2,1-2H3,(H,17,18). The Labute approximate surface area is 104 Å². The van der Waals surface area contributed by atoms with Gasteiger partial charge in [0.25, 0.3) is 0 Å². The Morgan fingerprint density at radius 2 is 2.17 bits per heavy atom. The first-order chi connectivity index (χ1) is 8.52. The Balaban J connectivity index is 2.63. The summed E-state index contributed by atoms with van der Waals surface area (Å²) in [5.41, 5.74) is 2.04. The van der Waals surface area contributed by atoms with Gasteiger partial charge in [-0.25, -0.2) is 14.2 Å². The first-order valence-electron chi connectivity index (χ1n) is 5.57. The Hall–Kier alpha value is -2.17. The lowest BCUT2D eigenvalue weighted by Crippen LogP contribution is -2.00. The molecule has 0 aliphatic rings. The second-order valence-electron chi connectivity index (χ2n) is 4.04. The number of hydrogen-bond donors (Lipinski definition) is 1. The molecule has 0 spiro atoms. The Morgan fingerprint density at radius 1 is 1.44 bits per heavy atom. The number of aromatic nitrogens is 2. The van der Waals surface area contributed by atoms with E-state index in [0.29, 0.717) is 12.0 Å². The van der Waals surface area contributed by atoms with E-state index in [1.165, 1.54) is 12.1 Å². The number of aromatic carboxylic acids is 1. The van der Waals surface area contributed by atoms with E-state index in [-0.39, 0.29) is 5.56 Å². The van der Waals surface area contributed by atoms with Crippen LogP contribution in [0.2, 0.25) is 0 Å². The third-order valence-corrected chi connectivity index (χ3v) is 2.77. The smallest absolute Gasteiger partial charge is 0.335 e. The molecule has 5 heteroatoms. The zero-order valence-electron chi connectivity index (χ0n) is 10.1. The summed E-state index contributed by atoms with van der Waals surface area (Å²) in [6, 6.07) is 3.79. The monoisotopic (exact) mass is 248 g/mol. The number of rotatable bonds is 3. The van der Waals surface area contributed by atoms with Crippen LogP contribution in [-0.4, -0.2) is 20.6 Å². The lowest BCUT2D eigenvalue weighted by Gasteiger charge is -2.07. The van der Waals surface area contributed by atoms with Crippen LogP contribution in [-0.2, 0) is 13.5 Å². The van der Waals surface area contributed by atoms with E-state index in [9.17, 15) is 9.18 Å². The van der Waals surface area contributed by atoms with Crippen molar-refractivity contribution in [3.05, 3.63) is 41.6 Å². The molecular formula is C13H13FN2O2. The molecule has 1 aromatic carbocycles. The Bertz CT molecular complexity index is 605. The normalized spacial score (nSPS) is 10.6. The molecule has 94 valence electrons. The highest BCUT2D eigenvalue weighted by molar-refractivity contribution is 5.89. The largest absolute Gasteiger partial charge is 0.478 e. The number of benzene rings is 1. The first kappa shape index (κ1) is 12.3. The molecule has 0 amide bonds. The fourth-order valence-corrected chi connectivity index (χ4v) is 1.96. The highest BCUT2D eigenvalue weighted by atomic mass is 19.1. The van der Waals surface area contributed by atoms with Gasteiger partial charge in [0.05, 0.1) is 23.3 Å². The van der Waals surface area contributed by atoms with Crippen molar-refractivity contribution < 1.29 is 14.3 Å². The van der Waals surface area contributed by atoms with E-state index < -0.39 is 11.8 Å². The van der Waals surface area contributed by atoms with Crippen LogP contribution in [0.1, 0.15) is 23.0 Å². The summed E-state index contributed by atoms with van der Waals surface area (Å²) in [6.45, 7) is 1.95. The van der Waals surface area contributed by atoms with Gasteiger partial charge in [-0.15, -0.1) is 0 Å². The van der Waals surface area contributed by atoms with Crippen molar-refractivity contribution >= 4 is 5.97 Å². The summed E-state index contributed by atoms with van der Waals surface area (Å²) >= 11 is 0. The Morgan fingerprint density at radius 3 is 2.78 bits per heavy atom.